The Morgan fingerprint density at radius 3 is 2.78 bits per heavy atom. The molecule has 0 aromatic carbocycles. The Labute approximate surface area is 137 Å². The topological polar surface area (TPSA) is 101 Å². The molecule has 0 aliphatic heterocycles. The molecule has 0 radical (unpaired) electrons. The van der Waals surface area contributed by atoms with Crippen LogP contribution in [0.3, 0.4) is 0 Å². The van der Waals surface area contributed by atoms with Gasteiger partial charge in [0.15, 0.2) is 0 Å². The third-order valence-corrected chi connectivity index (χ3v) is 4.87. The molecule has 124 valence electrons. The number of hydrogen-bond donors (Lipinski definition) is 2. The van der Waals surface area contributed by atoms with Crippen LogP contribution in [0.15, 0.2) is 11.1 Å². The van der Waals surface area contributed by atoms with Crippen molar-refractivity contribution < 1.29 is 14.7 Å². The van der Waals surface area contributed by atoms with Gasteiger partial charge >= 0.3 is 5.97 Å². The Kier molecular flexibility index (Phi) is 5.15. The molecule has 8 heteroatoms. The van der Waals surface area contributed by atoms with Gasteiger partial charge in [-0.25, -0.2) is 9.78 Å². The second-order valence-corrected chi connectivity index (χ2v) is 6.40. The van der Waals surface area contributed by atoms with Crippen LogP contribution in [-0.2, 0) is 11.8 Å². The summed E-state index contributed by atoms with van der Waals surface area (Å²) in [5.41, 5.74) is 0.319. The molecule has 1 amide bonds. The lowest BCUT2D eigenvalue weighted by Gasteiger charge is -2.13. The number of nitrogens with zero attached hydrogens (tertiary/aromatic N) is 2. The molecule has 0 aliphatic carbocycles. The number of aromatic nitrogens is 2. The lowest BCUT2D eigenvalue weighted by molar-refractivity contribution is -0.139. The number of fused-ring (bicyclic) bond motifs is 1. The van der Waals surface area contributed by atoms with Crippen molar-refractivity contribution in [2.45, 2.75) is 39.2 Å². The summed E-state index contributed by atoms with van der Waals surface area (Å²) in [7, 11) is 1.59. The first kappa shape index (κ1) is 17.1. The summed E-state index contributed by atoms with van der Waals surface area (Å²) < 4.78 is 1.35. The molecule has 23 heavy (non-hydrogen) atoms. The van der Waals surface area contributed by atoms with Crippen molar-refractivity contribution in [3.63, 3.8) is 0 Å². The van der Waals surface area contributed by atoms with Gasteiger partial charge in [0.2, 0.25) is 0 Å². The van der Waals surface area contributed by atoms with E-state index in [9.17, 15) is 19.5 Å². The Balaban J connectivity index is 2.34. The molecule has 1 unspecified atom stereocenters. The Hall–Kier alpha value is -2.22. The molecule has 2 heterocycles. The number of hydrogen-bond acceptors (Lipinski definition) is 5. The normalized spacial score (nSPS) is 12.3. The van der Waals surface area contributed by atoms with Crippen LogP contribution in [0.25, 0.3) is 10.2 Å². The summed E-state index contributed by atoms with van der Waals surface area (Å²) in [4.78, 5) is 40.8. The first-order valence-electron chi connectivity index (χ1n) is 7.35. The van der Waals surface area contributed by atoms with Gasteiger partial charge < -0.3 is 15.0 Å². The second kappa shape index (κ2) is 6.91. The number of aryl methyl sites for hydroxylation is 2. The van der Waals surface area contributed by atoms with E-state index in [0.717, 1.165) is 17.8 Å². The summed E-state index contributed by atoms with van der Waals surface area (Å²) in [5, 5.41) is 12.2. The number of unbranched alkanes of at least 4 members (excludes halogenated alkanes) is 1. The van der Waals surface area contributed by atoms with Crippen molar-refractivity contribution in [1.82, 2.24) is 14.9 Å². The Morgan fingerprint density at radius 2 is 2.17 bits per heavy atom. The van der Waals surface area contributed by atoms with Crippen molar-refractivity contribution in [3.8, 4) is 0 Å². The second-order valence-electron chi connectivity index (χ2n) is 5.40. The molecule has 0 spiro atoms. The summed E-state index contributed by atoms with van der Waals surface area (Å²) in [6.07, 6.45) is 3.34. The minimum Gasteiger partial charge on any atom is -0.480 e. The van der Waals surface area contributed by atoms with Gasteiger partial charge in [0.25, 0.3) is 11.5 Å². The van der Waals surface area contributed by atoms with Crippen LogP contribution in [0.5, 0.6) is 0 Å². The van der Waals surface area contributed by atoms with Crippen LogP contribution in [0.4, 0.5) is 0 Å². The SMILES string of the molecule is CCCCC(NC(=O)c1sc2ncn(C)c(=O)c2c1C)C(=O)O. The highest BCUT2D eigenvalue weighted by Crippen LogP contribution is 2.26. The van der Waals surface area contributed by atoms with Crippen molar-refractivity contribution >= 4 is 33.4 Å². The molecule has 0 saturated heterocycles. The monoisotopic (exact) mass is 337 g/mol. The molecule has 1 atom stereocenters. The van der Waals surface area contributed by atoms with Crippen molar-refractivity contribution in [2.75, 3.05) is 0 Å². The molecular weight excluding hydrogens is 318 g/mol. The molecule has 2 N–H and O–H groups in total. The van der Waals surface area contributed by atoms with Gasteiger partial charge in [-0.15, -0.1) is 11.3 Å². The average molecular weight is 337 g/mol. The van der Waals surface area contributed by atoms with Crippen LogP contribution >= 0.6 is 11.3 Å². The van der Waals surface area contributed by atoms with E-state index in [1.54, 1.807) is 14.0 Å². The number of thiophene rings is 1. The van der Waals surface area contributed by atoms with Crippen molar-refractivity contribution in [2.24, 2.45) is 7.05 Å². The third-order valence-electron chi connectivity index (χ3n) is 3.67. The fraction of sp³-hybridized carbons (Fsp3) is 0.467. The molecule has 0 saturated carbocycles. The first-order valence-corrected chi connectivity index (χ1v) is 8.16. The lowest BCUT2D eigenvalue weighted by atomic mass is 10.1. The van der Waals surface area contributed by atoms with E-state index in [0.29, 0.717) is 33.5 Å². The predicted octanol–water partition coefficient (Wildman–Crippen LogP) is 1.68. The summed E-state index contributed by atoms with van der Waals surface area (Å²) in [5.74, 6) is -1.53. The van der Waals surface area contributed by atoms with E-state index >= 15 is 0 Å². The number of carbonyl (C=O) groups excluding carboxylic acids is 1. The van der Waals surface area contributed by atoms with Gasteiger partial charge in [0, 0.05) is 7.05 Å². The molecule has 2 aromatic heterocycles. The van der Waals surface area contributed by atoms with Crippen molar-refractivity contribution in [1.29, 1.82) is 0 Å². The maximum absolute atomic E-state index is 12.4. The number of amides is 1. The van der Waals surface area contributed by atoms with Gasteiger partial charge in [0.05, 0.1) is 16.6 Å². The lowest BCUT2D eigenvalue weighted by Crippen LogP contribution is -2.40. The fourth-order valence-electron chi connectivity index (χ4n) is 2.31. The molecule has 2 rings (SSSR count). The molecule has 7 nitrogen and oxygen atoms in total. The van der Waals surface area contributed by atoms with E-state index in [1.165, 1.54) is 10.9 Å². The van der Waals surface area contributed by atoms with E-state index in [2.05, 4.69) is 10.3 Å². The highest BCUT2D eigenvalue weighted by Gasteiger charge is 2.24. The van der Waals surface area contributed by atoms with E-state index in [4.69, 9.17) is 0 Å². The summed E-state index contributed by atoms with van der Waals surface area (Å²) >= 11 is 1.10. The number of carbonyl (C=O) groups is 2. The van der Waals surface area contributed by atoms with Crippen LogP contribution in [-0.4, -0.2) is 32.6 Å². The molecule has 0 fully saturated rings. The summed E-state index contributed by atoms with van der Waals surface area (Å²) in [6.45, 7) is 3.64. The quantitative estimate of drug-likeness (QED) is 0.835. The molecule has 2 aromatic rings. The van der Waals surface area contributed by atoms with Gasteiger partial charge in [-0.2, -0.15) is 0 Å². The standard InChI is InChI=1S/C15H19N3O4S/c1-4-5-6-9(15(21)22)17-12(19)11-8(2)10-13(23-11)16-7-18(3)14(10)20/h7,9H,4-6H2,1-3H3,(H,17,19)(H,21,22). The van der Waals surface area contributed by atoms with Crippen LogP contribution in [0.1, 0.15) is 41.4 Å². The first-order chi connectivity index (χ1) is 10.9. The minimum atomic E-state index is -1.06. The highest BCUT2D eigenvalue weighted by molar-refractivity contribution is 7.20. The van der Waals surface area contributed by atoms with Crippen LogP contribution in [0.2, 0.25) is 0 Å². The zero-order valence-corrected chi connectivity index (χ0v) is 14.1. The highest BCUT2D eigenvalue weighted by atomic mass is 32.1. The van der Waals surface area contributed by atoms with E-state index < -0.39 is 17.9 Å². The molecular formula is C15H19N3O4S. The van der Waals surface area contributed by atoms with Crippen LogP contribution < -0.4 is 10.9 Å². The van der Waals surface area contributed by atoms with Crippen LogP contribution in [0, 0.1) is 6.92 Å². The minimum absolute atomic E-state index is 0.219. The zero-order chi connectivity index (χ0) is 17.1. The number of nitrogens with one attached hydrogen (secondary N) is 1. The van der Waals surface area contributed by atoms with Gasteiger partial charge in [0.1, 0.15) is 10.9 Å². The Morgan fingerprint density at radius 1 is 1.48 bits per heavy atom. The Bertz CT molecular complexity index is 809. The zero-order valence-electron chi connectivity index (χ0n) is 13.3. The third kappa shape index (κ3) is 3.42. The maximum Gasteiger partial charge on any atom is 0.326 e. The van der Waals surface area contributed by atoms with E-state index in [1.807, 2.05) is 6.92 Å². The predicted molar refractivity (Wildman–Crippen MR) is 88.0 cm³/mol. The number of aliphatic carboxylic acids is 1. The van der Waals surface area contributed by atoms with Gasteiger partial charge in [-0.3, -0.25) is 9.59 Å². The summed E-state index contributed by atoms with van der Waals surface area (Å²) in [6, 6.07) is -0.928. The smallest absolute Gasteiger partial charge is 0.326 e. The van der Waals surface area contributed by atoms with E-state index in [-0.39, 0.29) is 5.56 Å². The largest absolute Gasteiger partial charge is 0.480 e. The number of rotatable bonds is 6. The van der Waals surface area contributed by atoms with Gasteiger partial charge in [-0.1, -0.05) is 19.8 Å². The van der Waals surface area contributed by atoms with Crippen molar-refractivity contribution in [3.05, 3.63) is 27.1 Å². The average Bonchev–Trinajstić information content (AvgIpc) is 2.84. The number of carboxylic acids is 1. The number of carboxylic acid groups (broad SMARTS) is 1. The molecule has 0 bridgehead atoms. The fourth-order valence-corrected chi connectivity index (χ4v) is 3.36. The maximum atomic E-state index is 12.4. The van der Waals surface area contributed by atoms with Gasteiger partial charge in [-0.05, 0) is 18.9 Å². The molecule has 0 aliphatic rings.